The molecule has 1 amide bonds. The van der Waals surface area contributed by atoms with Gasteiger partial charge in [-0.1, -0.05) is 18.5 Å². The fourth-order valence-electron chi connectivity index (χ4n) is 5.45. The van der Waals surface area contributed by atoms with E-state index in [1.54, 1.807) is 24.3 Å². The monoisotopic (exact) mass is 506 g/mol. The Morgan fingerprint density at radius 2 is 1.83 bits per heavy atom. The predicted molar refractivity (Wildman–Crippen MR) is 124 cm³/mol. The maximum absolute atomic E-state index is 13.8. The van der Waals surface area contributed by atoms with E-state index in [1.807, 2.05) is 6.92 Å². The first kappa shape index (κ1) is 23.9. The van der Waals surface area contributed by atoms with Crippen LogP contribution in [0.15, 0.2) is 48.5 Å². The number of rotatable bonds is 6. The average Bonchev–Trinajstić information content (AvgIpc) is 3.30. The van der Waals surface area contributed by atoms with Gasteiger partial charge in [-0.05, 0) is 79.5 Å². The molecule has 1 N–H and O–H groups in total. The van der Waals surface area contributed by atoms with Crippen LogP contribution >= 0.6 is 11.6 Å². The minimum atomic E-state index is -4.64. The summed E-state index contributed by atoms with van der Waals surface area (Å²) in [5, 5.41) is 3.89. The van der Waals surface area contributed by atoms with Crippen molar-refractivity contribution < 1.29 is 27.1 Å². The molecule has 1 aromatic heterocycles. The van der Waals surface area contributed by atoms with Gasteiger partial charge in [-0.3, -0.25) is 4.79 Å². The van der Waals surface area contributed by atoms with Crippen molar-refractivity contribution in [2.45, 2.75) is 44.5 Å². The number of pyridine rings is 1. The fourth-order valence-corrected chi connectivity index (χ4v) is 5.57. The standard InChI is InChI=1S/C26H23ClF4N2O2/c1-2-20(33-25(34)13-3-5-14(27)6-4-13)24-17-10-16(11-18(17)24)35-22-12-23(26(29,30)31)32-21-8-7-15(28)9-19(21)22/h3-9,12,16-18,20,24H,2,10-11H2,1H3,(H,33,34)/t16?,17-,18-,20-,24?/m0/s1. The zero-order valence-electron chi connectivity index (χ0n) is 18.8. The number of halogens is 5. The van der Waals surface area contributed by atoms with Crippen molar-refractivity contribution in [2.24, 2.45) is 17.8 Å². The first-order valence-electron chi connectivity index (χ1n) is 11.5. The summed E-state index contributed by atoms with van der Waals surface area (Å²) in [6.07, 6.45) is -2.81. The average molecular weight is 507 g/mol. The summed E-state index contributed by atoms with van der Waals surface area (Å²) in [7, 11) is 0. The Hall–Kier alpha value is -2.87. The first-order chi connectivity index (χ1) is 16.6. The molecule has 0 bridgehead atoms. The van der Waals surface area contributed by atoms with E-state index in [9.17, 15) is 22.4 Å². The van der Waals surface area contributed by atoms with Gasteiger partial charge >= 0.3 is 6.18 Å². The molecule has 3 aromatic rings. The van der Waals surface area contributed by atoms with Gasteiger partial charge in [-0.2, -0.15) is 13.2 Å². The van der Waals surface area contributed by atoms with Gasteiger partial charge < -0.3 is 10.1 Å². The van der Waals surface area contributed by atoms with E-state index in [2.05, 4.69) is 10.3 Å². The molecule has 4 nitrogen and oxygen atoms in total. The number of fused-ring (bicyclic) bond motifs is 2. The number of hydrogen-bond acceptors (Lipinski definition) is 3. The third-order valence-corrected chi connectivity index (χ3v) is 7.36. The summed E-state index contributed by atoms with van der Waals surface area (Å²) in [5.41, 5.74) is -0.492. The molecule has 5 rings (SSSR count). The largest absolute Gasteiger partial charge is 0.490 e. The van der Waals surface area contributed by atoms with Gasteiger partial charge in [0.25, 0.3) is 5.91 Å². The van der Waals surface area contributed by atoms with Gasteiger partial charge in [-0.25, -0.2) is 9.37 Å². The van der Waals surface area contributed by atoms with Crippen LogP contribution < -0.4 is 10.1 Å². The zero-order valence-corrected chi connectivity index (χ0v) is 19.5. The molecule has 2 aromatic carbocycles. The summed E-state index contributed by atoms with van der Waals surface area (Å²) in [6.45, 7) is 2.02. The van der Waals surface area contributed by atoms with Crippen LogP contribution in [0.25, 0.3) is 10.9 Å². The van der Waals surface area contributed by atoms with E-state index < -0.39 is 17.7 Å². The van der Waals surface area contributed by atoms with E-state index >= 15 is 0 Å². The van der Waals surface area contributed by atoms with Gasteiger partial charge in [0.2, 0.25) is 0 Å². The second-order valence-electron chi connectivity index (χ2n) is 9.28. The van der Waals surface area contributed by atoms with Crippen molar-refractivity contribution >= 4 is 28.4 Å². The van der Waals surface area contributed by atoms with E-state index in [0.29, 0.717) is 41.2 Å². The molecule has 2 fully saturated rings. The van der Waals surface area contributed by atoms with Crippen LogP contribution in [-0.4, -0.2) is 23.0 Å². The normalized spacial score (nSPS) is 22.6. The zero-order chi connectivity index (χ0) is 24.9. The third kappa shape index (κ3) is 4.81. The van der Waals surface area contributed by atoms with Crippen molar-refractivity contribution in [1.82, 2.24) is 10.3 Å². The van der Waals surface area contributed by atoms with E-state index in [0.717, 1.165) is 24.6 Å². The Kier molecular flexibility index (Phi) is 6.11. The lowest BCUT2D eigenvalue weighted by Crippen LogP contribution is -2.37. The highest BCUT2D eigenvalue weighted by atomic mass is 35.5. The second-order valence-corrected chi connectivity index (χ2v) is 9.71. The van der Waals surface area contributed by atoms with Crippen LogP contribution in [0, 0.1) is 23.6 Å². The fraction of sp³-hybridized carbons (Fsp3) is 0.385. The van der Waals surface area contributed by atoms with Crippen molar-refractivity contribution in [1.29, 1.82) is 0 Å². The molecule has 1 heterocycles. The molecule has 0 spiro atoms. The molecule has 0 unspecified atom stereocenters. The Morgan fingerprint density at radius 3 is 2.46 bits per heavy atom. The molecular weight excluding hydrogens is 484 g/mol. The molecule has 35 heavy (non-hydrogen) atoms. The number of nitrogens with one attached hydrogen (secondary N) is 1. The quantitative estimate of drug-likeness (QED) is 0.380. The molecule has 3 atom stereocenters. The van der Waals surface area contributed by atoms with Gasteiger partial charge in [-0.15, -0.1) is 0 Å². The molecule has 9 heteroatoms. The SMILES string of the molecule is CC[C@H](NC(=O)c1ccc(Cl)cc1)C1[C@H]2CC(Oc3cc(C(F)(F)F)nc4ccc(F)cc34)C[C@H]12. The lowest BCUT2D eigenvalue weighted by atomic mass is 10.00. The molecule has 0 aliphatic heterocycles. The molecule has 0 saturated heterocycles. The number of amides is 1. The summed E-state index contributed by atoms with van der Waals surface area (Å²) >= 11 is 5.90. The Bertz CT molecular complexity index is 1250. The van der Waals surface area contributed by atoms with Crippen LogP contribution in [0.3, 0.4) is 0 Å². The summed E-state index contributed by atoms with van der Waals surface area (Å²) < 4.78 is 59.9. The van der Waals surface area contributed by atoms with Crippen molar-refractivity contribution in [3.8, 4) is 5.75 Å². The first-order valence-corrected chi connectivity index (χ1v) is 11.9. The number of carbonyl (C=O) groups excluding carboxylic acids is 1. The smallest absolute Gasteiger partial charge is 0.433 e. The summed E-state index contributed by atoms with van der Waals surface area (Å²) in [4.78, 5) is 16.3. The summed E-state index contributed by atoms with van der Waals surface area (Å²) in [6, 6.07) is 11.0. The van der Waals surface area contributed by atoms with E-state index in [-0.39, 0.29) is 34.7 Å². The number of benzene rings is 2. The lowest BCUT2D eigenvalue weighted by Gasteiger charge is -2.23. The van der Waals surface area contributed by atoms with Crippen LogP contribution in [0.4, 0.5) is 17.6 Å². The van der Waals surface area contributed by atoms with Crippen molar-refractivity contribution in [2.75, 3.05) is 0 Å². The highest BCUT2D eigenvalue weighted by Crippen LogP contribution is 2.60. The number of aromatic nitrogens is 1. The van der Waals surface area contributed by atoms with E-state index in [1.165, 1.54) is 6.07 Å². The number of nitrogens with zero attached hydrogens (tertiary/aromatic N) is 1. The second kappa shape index (κ2) is 8.97. The Labute approximate surface area is 204 Å². The van der Waals surface area contributed by atoms with Gasteiger partial charge in [0.05, 0.1) is 11.6 Å². The van der Waals surface area contributed by atoms with Crippen LogP contribution in [0.5, 0.6) is 5.75 Å². The van der Waals surface area contributed by atoms with Gasteiger partial charge in [0.15, 0.2) is 0 Å². The summed E-state index contributed by atoms with van der Waals surface area (Å²) in [5.74, 6) is 0.211. The number of ether oxygens (including phenoxy) is 1. The minimum Gasteiger partial charge on any atom is -0.490 e. The predicted octanol–water partition coefficient (Wildman–Crippen LogP) is 6.66. The van der Waals surface area contributed by atoms with Gasteiger partial charge in [0.1, 0.15) is 17.3 Å². The third-order valence-electron chi connectivity index (χ3n) is 7.11. The molecular formula is C26H23ClF4N2O2. The molecule has 2 aliphatic rings. The topological polar surface area (TPSA) is 51.2 Å². The number of hydrogen-bond donors (Lipinski definition) is 1. The highest BCUT2D eigenvalue weighted by Gasteiger charge is 2.59. The maximum Gasteiger partial charge on any atom is 0.433 e. The van der Waals surface area contributed by atoms with Crippen LogP contribution in [0.1, 0.15) is 42.2 Å². The Morgan fingerprint density at radius 1 is 1.14 bits per heavy atom. The van der Waals surface area contributed by atoms with E-state index in [4.69, 9.17) is 16.3 Å². The van der Waals surface area contributed by atoms with Gasteiger partial charge in [0, 0.05) is 28.1 Å². The van der Waals surface area contributed by atoms with Crippen LogP contribution in [0.2, 0.25) is 5.02 Å². The Balaban J connectivity index is 1.27. The molecule has 2 saturated carbocycles. The number of carbonyl (C=O) groups is 1. The highest BCUT2D eigenvalue weighted by molar-refractivity contribution is 6.30. The van der Waals surface area contributed by atoms with Crippen molar-refractivity contribution in [3.05, 3.63) is 70.6 Å². The molecule has 0 radical (unpaired) electrons. The number of alkyl halides is 3. The lowest BCUT2D eigenvalue weighted by molar-refractivity contribution is -0.141. The molecule has 2 aliphatic carbocycles. The van der Waals surface area contributed by atoms with Crippen LogP contribution in [-0.2, 0) is 6.18 Å². The van der Waals surface area contributed by atoms with Crippen molar-refractivity contribution in [3.63, 3.8) is 0 Å². The minimum absolute atomic E-state index is 0.00168. The maximum atomic E-state index is 13.8. The molecule has 184 valence electrons.